The molecule has 0 saturated carbocycles. The van der Waals surface area contributed by atoms with Gasteiger partial charge in [-0.1, -0.05) is 17.7 Å². The van der Waals surface area contributed by atoms with E-state index >= 15 is 0 Å². The number of ether oxygens (including phenoxy) is 1. The standard InChI is InChI=1S/C12H13ClN2OS/c1-9-8-15-12(17-9)14-5-6-16-11-4-2-3-10(13)7-11/h2-4,7-8H,5-6H2,1H3,(H,14,15). The lowest BCUT2D eigenvalue weighted by Gasteiger charge is -2.06. The summed E-state index contributed by atoms with van der Waals surface area (Å²) in [5.41, 5.74) is 0. The zero-order chi connectivity index (χ0) is 12.1. The molecule has 0 spiro atoms. The van der Waals surface area contributed by atoms with Crippen molar-refractivity contribution < 1.29 is 4.74 Å². The second-order valence-corrected chi connectivity index (χ2v) is 5.18. The van der Waals surface area contributed by atoms with Crippen LogP contribution in [0.4, 0.5) is 5.13 Å². The molecule has 1 N–H and O–H groups in total. The Hall–Kier alpha value is -1.26. The predicted molar refractivity (Wildman–Crippen MR) is 72.3 cm³/mol. The minimum absolute atomic E-state index is 0.582. The van der Waals surface area contributed by atoms with Crippen LogP contribution in [0.15, 0.2) is 30.5 Å². The van der Waals surface area contributed by atoms with E-state index in [0.717, 1.165) is 17.4 Å². The van der Waals surface area contributed by atoms with E-state index in [1.807, 2.05) is 31.3 Å². The number of anilines is 1. The molecule has 0 fully saturated rings. The van der Waals surface area contributed by atoms with Gasteiger partial charge in [0.05, 0.1) is 6.54 Å². The molecule has 0 aliphatic carbocycles. The summed E-state index contributed by atoms with van der Waals surface area (Å²) in [5.74, 6) is 0.787. The normalized spacial score (nSPS) is 10.2. The number of aryl methyl sites for hydroxylation is 1. The molecule has 0 saturated heterocycles. The van der Waals surface area contributed by atoms with E-state index in [-0.39, 0.29) is 0 Å². The number of nitrogens with one attached hydrogen (secondary N) is 1. The summed E-state index contributed by atoms with van der Waals surface area (Å²) in [4.78, 5) is 5.40. The monoisotopic (exact) mass is 268 g/mol. The Morgan fingerprint density at radius 2 is 2.35 bits per heavy atom. The van der Waals surface area contributed by atoms with Gasteiger partial charge in [0.2, 0.25) is 0 Å². The average molecular weight is 269 g/mol. The molecule has 17 heavy (non-hydrogen) atoms. The first-order valence-corrected chi connectivity index (χ1v) is 6.48. The quantitative estimate of drug-likeness (QED) is 0.842. The van der Waals surface area contributed by atoms with Gasteiger partial charge in [-0.15, -0.1) is 11.3 Å². The van der Waals surface area contributed by atoms with Gasteiger partial charge in [0.1, 0.15) is 12.4 Å². The highest BCUT2D eigenvalue weighted by atomic mass is 35.5. The Morgan fingerprint density at radius 1 is 1.47 bits per heavy atom. The van der Waals surface area contributed by atoms with Crippen LogP contribution in [-0.4, -0.2) is 18.1 Å². The third-order valence-corrected chi connectivity index (χ3v) is 3.17. The first-order chi connectivity index (χ1) is 8.24. The molecule has 0 atom stereocenters. The number of rotatable bonds is 5. The molecular formula is C12H13ClN2OS. The highest BCUT2D eigenvalue weighted by Gasteiger charge is 1.98. The molecule has 0 aliphatic rings. The molecule has 90 valence electrons. The van der Waals surface area contributed by atoms with Crippen LogP contribution in [0.2, 0.25) is 5.02 Å². The van der Waals surface area contributed by atoms with Gasteiger partial charge in [0.25, 0.3) is 0 Å². The Morgan fingerprint density at radius 3 is 3.06 bits per heavy atom. The summed E-state index contributed by atoms with van der Waals surface area (Å²) in [6.45, 7) is 3.34. The van der Waals surface area contributed by atoms with Crippen LogP contribution in [0.25, 0.3) is 0 Å². The second-order valence-electron chi connectivity index (χ2n) is 3.51. The SMILES string of the molecule is Cc1cnc(NCCOc2cccc(Cl)c2)s1. The average Bonchev–Trinajstić information content (AvgIpc) is 2.71. The number of aromatic nitrogens is 1. The third kappa shape index (κ3) is 3.91. The van der Waals surface area contributed by atoms with Gasteiger partial charge in [-0.25, -0.2) is 4.98 Å². The van der Waals surface area contributed by atoms with E-state index in [4.69, 9.17) is 16.3 Å². The van der Waals surface area contributed by atoms with Crippen molar-refractivity contribution in [1.82, 2.24) is 4.98 Å². The number of benzene rings is 1. The van der Waals surface area contributed by atoms with Crippen molar-refractivity contribution in [1.29, 1.82) is 0 Å². The van der Waals surface area contributed by atoms with Crippen LogP contribution >= 0.6 is 22.9 Å². The molecular weight excluding hydrogens is 256 g/mol. The van der Waals surface area contributed by atoms with Gasteiger partial charge in [0, 0.05) is 16.1 Å². The summed E-state index contributed by atoms with van der Waals surface area (Å²) < 4.78 is 5.55. The Kier molecular flexibility index (Phi) is 4.23. The maximum atomic E-state index is 5.85. The zero-order valence-corrected chi connectivity index (χ0v) is 11.0. The van der Waals surface area contributed by atoms with Crippen molar-refractivity contribution in [3.05, 3.63) is 40.4 Å². The highest BCUT2D eigenvalue weighted by Crippen LogP contribution is 2.18. The lowest BCUT2D eigenvalue weighted by atomic mass is 10.3. The Bertz CT molecular complexity index is 487. The van der Waals surface area contributed by atoms with Gasteiger partial charge < -0.3 is 10.1 Å². The molecule has 1 aromatic carbocycles. The van der Waals surface area contributed by atoms with Crippen LogP contribution in [0.1, 0.15) is 4.88 Å². The van der Waals surface area contributed by atoms with Gasteiger partial charge in [-0.3, -0.25) is 0 Å². The molecule has 2 aromatic rings. The number of nitrogens with zero attached hydrogens (tertiary/aromatic N) is 1. The molecule has 1 aromatic heterocycles. The summed E-state index contributed by atoms with van der Waals surface area (Å²) in [5, 5.41) is 4.81. The first kappa shape index (κ1) is 12.2. The number of halogens is 1. The molecule has 0 amide bonds. The van der Waals surface area contributed by atoms with E-state index in [1.165, 1.54) is 4.88 Å². The fraction of sp³-hybridized carbons (Fsp3) is 0.250. The summed E-state index contributed by atoms with van der Waals surface area (Å²) in [6.07, 6.45) is 1.85. The molecule has 3 nitrogen and oxygen atoms in total. The minimum atomic E-state index is 0.582. The van der Waals surface area contributed by atoms with Crippen LogP contribution in [-0.2, 0) is 0 Å². The van der Waals surface area contributed by atoms with Crippen LogP contribution < -0.4 is 10.1 Å². The number of hydrogen-bond acceptors (Lipinski definition) is 4. The van der Waals surface area contributed by atoms with Crippen molar-refractivity contribution in [3.63, 3.8) is 0 Å². The summed E-state index contributed by atoms with van der Waals surface area (Å²) >= 11 is 7.49. The van der Waals surface area contributed by atoms with E-state index < -0.39 is 0 Å². The van der Waals surface area contributed by atoms with E-state index in [0.29, 0.717) is 11.6 Å². The fourth-order valence-electron chi connectivity index (χ4n) is 1.32. The lowest BCUT2D eigenvalue weighted by Crippen LogP contribution is -2.11. The van der Waals surface area contributed by atoms with Crippen molar-refractivity contribution in [3.8, 4) is 5.75 Å². The summed E-state index contributed by atoms with van der Waals surface area (Å²) in [6, 6.07) is 7.38. The Labute approximate surface area is 109 Å². The fourth-order valence-corrected chi connectivity index (χ4v) is 2.19. The number of thiazole rings is 1. The highest BCUT2D eigenvalue weighted by molar-refractivity contribution is 7.15. The third-order valence-electron chi connectivity index (χ3n) is 2.06. The van der Waals surface area contributed by atoms with Crippen LogP contribution in [0, 0.1) is 6.92 Å². The van der Waals surface area contributed by atoms with Gasteiger partial charge in [-0.05, 0) is 25.1 Å². The van der Waals surface area contributed by atoms with E-state index in [2.05, 4.69) is 10.3 Å². The van der Waals surface area contributed by atoms with E-state index in [9.17, 15) is 0 Å². The van der Waals surface area contributed by atoms with Gasteiger partial charge in [-0.2, -0.15) is 0 Å². The van der Waals surface area contributed by atoms with Crippen LogP contribution in [0.3, 0.4) is 0 Å². The molecule has 2 rings (SSSR count). The largest absolute Gasteiger partial charge is 0.492 e. The Balaban J connectivity index is 1.73. The van der Waals surface area contributed by atoms with Crippen molar-refractivity contribution in [2.45, 2.75) is 6.92 Å². The molecule has 1 heterocycles. The van der Waals surface area contributed by atoms with Gasteiger partial charge in [0.15, 0.2) is 5.13 Å². The molecule has 0 unspecified atom stereocenters. The first-order valence-electron chi connectivity index (χ1n) is 5.29. The van der Waals surface area contributed by atoms with E-state index in [1.54, 1.807) is 17.4 Å². The molecule has 0 bridgehead atoms. The second kappa shape index (κ2) is 5.89. The van der Waals surface area contributed by atoms with Gasteiger partial charge >= 0.3 is 0 Å². The van der Waals surface area contributed by atoms with Crippen molar-refractivity contribution in [2.24, 2.45) is 0 Å². The van der Waals surface area contributed by atoms with Crippen molar-refractivity contribution in [2.75, 3.05) is 18.5 Å². The predicted octanol–water partition coefficient (Wildman–Crippen LogP) is 3.60. The smallest absolute Gasteiger partial charge is 0.182 e. The zero-order valence-electron chi connectivity index (χ0n) is 9.44. The lowest BCUT2D eigenvalue weighted by molar-refractivity contribution is 0.333. The molecule has 0 aliphatic heterocycles. The van der Waals surface area contributed by atoms with Crippen molar-refractivity contribution >= 4 is 28.1 Å². The topological polar surface area (TPSA) is 34.2 Å². The number of hydrogen-bond donors (Lipinski definition) is 1. The maximum absolute atomic E-state index is 5.85. The maximum Gasteiger partial charge on any atom is 0.182 e. The summed E-state index contributed by atoms with van der Waals surface area (Å²) in [7, 11) is 0. The van der Waals surface area contributed by atoms with Crippen LogP contribution in [0.5, 0.6) is 5.75 Å². The molecule has 5 heteroatoms. The molecule has 0 radical (unpaired) electrons. The minimum Gasteiger partial charge on any atom is -0.492 e.